The van der Waals surface area contributed by atoms with Gasteiger partial charge in [-0.1, -0.05) is 6.07 Å². The number of Topliss-reactive ketones (excluding diaryl/α,β-unsaturated/α-hetero) is 1. The monoisotopic (exact) mass is 386 g/mol. The highest BCUT2D eigenvalue weighted by atomic mass is 16.7. The highest BCUT2D eigenvalue weighted by molar-refractivity contribution is 5.99. The Morgan fingerprint density at radius 1 is 1.07 bits per heavy atom. The van der Waals surface area contributed by atoms with Crippen LogP contribution in [0.2, 0.25) is 0 Å². The van der Waals surface area contributed by atoms with E-state index >= 15 is 0 Å². The minimum absolute atomic E-state index is 0.0942. The van der Waals surface area contributed by atoms with Crippen LogP contribution in [0.4, 0.5) is 0 Å². The second-order valence-electron chi connectivity index (χ2n) is 6.75. The smallest absolute Gasteiger partial charge is 0.231 e. The van der Waals surface area contributed by atoms with Gasteiger partial charge in [-0.3, -0.25) is 4.79 Å². The first-order valence-corrected chi connectivity index (χ1v) is 9.04. The quantitative estimate of drug-likeness (QED) is 0.764. The molecule has 148 valence electrons. The van der Waals surface area contributed by atoms with Crippen molar-refractivity contribution < 1.29 is 33.6 Å². The number of methoxy groups -OCH3 is 2. The molecule has 2 aromatic rings. The number of ketones is 1. The van der Waals surface area contributed by atoms with Crippen molar-refractivity contribution in [2.24, 2.45) is 11.8 Å². The van der Waals surface area contributed by atoms with Gasteiger partial charge in [0.25, 0.3) is 0 Å². The molecule has 2 aliphatic rings. The lowest BCUT2D eigenvalue weighted by atomic mass is 9.83. The van der Waals surface area contributed by atoms with Gasteiger partial charge in [0.1, 0.15) is 0 Å². The third-order valence-electron chi connectivity index (χ3n) is 5.30. The standard InChI is InChI=1S/C21H22O7/c1-24-16-5-3-12(7-18(16)25-2)20(23)15-10-26-21(14(15)9-22)13-4-6-17-19(8-13)28-11-27-17/h3-8,14-15,21-22H,9-11H2,1-2H3/t14-,15?,21+/m0/s1. The summed E-state index contributed by atoms with van der Waals surface area (Å²) < 4.78 is 27.2. The lowest BCUT2D eigenvalue weighted by Gasteiger charge is -2.21. The summed E-state index contributed by atoms with van der Waals surface area (Å²) in [5.41, 5.74) is 1.35. The van der Waals surface area contributed by atoms with E-state index in [1.165, 1.54) is 7.11 Å². The van der Waals surface area contributed by atoms with Gasteiger partial charge in [0.05, 0.1) is 32.8 Å². The lowest BCUT2D eigenvalue weighted by molar-refractivity contribution is 0.0713. The fraction of sp³-hybridized carbons (Fsp3) is 0.381. The normalized spacial score (nSPS) is 22.9. The molecule has 3 atom stereocenters. The molecule has 2 aliphatic heterocycles. The predicted octanol–water partition coefficient (Wildman–Crippen LogP) is 2.61. The molecule has 0 amide bonds. The minimum atomic E-state index is -0.460. The molecule has 0 bridgehead atoms. The van der Waals surface area contributed by atoms with Gasteiger partial charge < -0.3 is 28.8 Å². The van der Waals surface area contributed by atoms with E-state index in [2.05, 4.69) is 0 Å². The molecule has 7 nitrogen and oxygen atoms in total. The highest BCUT2D eigenvalue weighted by Gasteiger charge is 2.42. The molecule has 0 radical (unpaired) electrons. The summed E-state index contributed by atoms with van der Waals surface area (Å²) in [4.78, 5) is 13.1. The van der Waals surface area contributed by atoms with Crippen LogP contribution in [0.3, 0.4) is 0 Å². The summed E-state index contributed by atoms with van der Waals surface area (Å²) in [5.74, 6) is 1.45. The van der Waals surface area contributed by atoms with E-state index in [0.29, 0.717) is 28.6 Å². The average Bonchev–Trinajstić information content (AvgIpc) is 3.38. The van der Waals surface area contributed by atoms with Crippen molar-refractivity contribution in [3.8, 4) is 23.0 Å². The molecule has 28 heavy (non-hydrogen) atoms. The molecule has 1 fully saturated rings. The first-order chi connectivity index (χ1) is 13.7. The molecule has 1 unspecified atom stereocenters. The van der Waals surface area contributed by atoms with Gasteiger partial charge in [-0.25, -0.2) is 0 Å². The number of hydrogen-bond acceptors (Lipinski definition) is 7. The number of ether oxygens (including phenoxy) is 5. The molecule has 2 heterocycles. The number of fused-ring (bicyclic) bond motifs is 1. The van der Waals surface area contributed by atoms with E-state index in [1.807, 2.05) is 18.2 Å². The molecule has 0 aliphatic carbocycles. The van der Waals surface area contributed by atoms with Gasteiger partial charge in [0, 0.05) is 18.1 Å². The third kappa shape index (κ3) is 3.16. The maximum atomic E-state index is 13.1. The van der Waals surface area contributed by atoms with Gasteiger partial charge >= 0.3 is 0 Å². The Labute approximate surface area is 162 Å². The molecule has 7 heteroatoms. The van der Waals surface area contributed by atoms with E-state index in [-0.39, 0.29) is 31.7 Å². The van der Waals surface area contributed by atoms with Crippen molar-refractivity contribution >= 4 is 5.78 Å². The number of carbonyl (C=O) groups is 1. The molecule has 1 saturated heterocycles. The van der Waals surface area contributed by atoms with Gasteiger partial charge in [-0.15, -0.1) is 0 Å². The topological polar surface area (TPSA) is 83.5 Å². The molecule has 1 N–H and O–H groups in total. The van der Waals surface area contributed by atoms with Crippen LogP contribution in [0.15, 0.2) is 36.4 Å². The number of hydrogen-bond donors (Lipinski definition) is 1. The van der Waals surface area contributed by atoms with E-state index in [1.54, 1.807) is 25.3 Å². The van der Waals surface area contributed by atoms with Crippen molar-refractivity contribution in [1.29, 1.82) is 0 Å². The van der Waals surface area contributed by atoms with E-state index in [9.17, 15) is 9.90 Å². The Balaban J connectivity index is 1.58. The SMILES string of the molecule is COc1ccc(C(=O)C2CO[C@H](c3ccc4c(c3)OCO4)[C@H]2CO)cc1OC. The Hall–Kier alpha value is -2.77. The summed E-state index contributed by atoms with van der Waals surface area (Å²) >= 11 is 0. The largest absolute Gasteiger partial charge is 0.493 e. The molecule has 0 saturated carbocycles. The number of aliphatic hydroxyl groups excluding tert-OH is 1. The Kier molecular flexibility index (Phi) is 5.11. The van der Waals surface area contributed by atoms with Crippen LogP contribution < -0.4 is 18.9 Å². The van der Waals surface area contributed by atoms with E-state index in [0.717, 1.165) is 5.56 Å². The molecule has 2 aromatic carbocycles. The van der Waals surface area contributed by atoms with Crippen molar-refractivity contribution in [3.05, 3.63) is 47.5 Å². The number of benzene rings is 2. The summed E-state index contributed by atoms with van der Waals surface area (Å²) in [6.07, 6.45) is -0.395. The van der Waals surface area contributed by atoms with Crippen LogP contribution in [0.1, 0.15) is 22.0 Å². The molecule has 0 aromatic heterocycles. The zero-order valence-electron chi connectivity index (χ0n) is 15.7. The first-order valence-electron chi connectivity index (χ1n) is 9.04. The van der Waals surface area contributed by atoms with Crippen molar-refractivity contribution in [2.75, 3.05) is 34.2 Å². The summed E-state index contributed by atoms with van der Waals surface area (Å²) in [6, 6.07) is 10.6. The van der Waals surface area contributed by atoms with Crippen LogP contribution in [0, 0.1) is 11.8 Å². The maximum absolute atomic E-state index is 13.1. The molecule has 0 spiro atoms. The van der Waals surface area contributed by atoms with Crippen molar-refractivity contribution in [2.45, 2.75) is 6.10 Å². The predicted molar refractivity (Wildman–Crippen MR) is 99.2 cm³/mol. The zero-order chi connectivity index (χ0) is 19.7. The zero-order valence-corrected chi connectivity index (χ0v) is 15.7. The maximum Gasteiger partial charge on any atom is 0.231 e. The Bertz CT molecular complexity index is 879. The third-order valence-corrected chi connectivity index (χ3v) is 5.30. The van der Waals surface area contributed by atoms with Crippen LogP contribution in [0.5, 0.6) is 23.0 Å². The first kappa shape index (κ1) is 18.6. The summed E-state index contributed by atoms with van der Waals surface area (Å²) in [7, 11) is 3.07. The molecular formula is C21H22O7. The number of aliphatic hydroxyl groups is 1. The van der Waals surface area contributed by atoms with Crippen LogP contribution in [-0.2, 0) is 4.74 Å². The summed E-state index contributed by atoms with van der Waals surface area (Å²) in [6.45, 7) is 0.258. The van der Waals surface area contributed by atoms with Gasteiger partial charge in [-0.05, 0) is 35.9 Å². The highest BCUT2D eigenvalue weighted by Crippen LogP contribution is 2.43. The summed E-state index contributed by atoms with van der Waals surface area (Å²) in [5, 5.41) is 10.0. The fourth-order valence-electron chi connectivity index (χ4n) is 3.80. The molecule has 4 rings (SSSR count). The van der Waals surface area contributed by atoms with Gasteiger partial charge in [-0.2, -0.15) is 0 Å². The second-order valence-corrected chi connectivity index (χ2v) is 6.75. The van der Waals surface area contributed by atoms with E-state index in [4.69, 9.17) is 23.7 Å². The number of carbonyl (C=O) groups excluding carboxylic acids is 1. The van der Waals surface area contributed by atoms with Crippen LogP contribution >= 0.6 is 0 Å². The molecular weight excluding hydrogens is 364 g/mol. The van der Waals surface area contributed by atoms with Crippen molar-refractivity contribution in [1.82, 2.24) is 0 Å². The minimum Gasteiger partial charge on any atom is -0.493 e. The Morgan fingerprint density at radius 3 is 2.61 bits per heavy atom. The number of rotatable bonds is 6. The average molecular weight is 386 g/mol. The van der Waals surface area contributed by atoms with Crippen LogP contribution in [0.25, 0.3) is 0 Å². The van der Waals surface area contributed by atoms with Gasteiger partial charge in [0.2, 0.25) is 6.79 Å². The van der Waals surface area contributed by atoms with Gasteiger partial charge in [0.15, 0.2) is 28.8 Å². The van der Waals surface area contributed by atoms with E-state index < -0.39 is 12.0 Å². The van der Waals surface area contributed by atoms with Crippen LogP contribution in [-0.4, -0.2) is 45.1 Å². The fourth-order valence-corrected chi connectivity index (χ4v) is 3.80. The second kappa shape index (κ2) is 7.69. The lowest BCUT2D eigenvalue weighted by Crippen LogP contribution is -2.26. The Morgan fingerprint density at radius 2 is 1.86 bits per heavy atom. The van der Waals surface area contributed by atoms with Crippen molar-refractivity contribution in [3.63, 3.8) is 0 Å².